The molecule has 0 saturated heterocycles. The summed E-state index contributed by atoms with van der Waals surface area (Å²) in [6.07, 6.45) is 2.08. The molecule has 0 aliphatic heterocycles. The highest BCUT2D eigenvalue weighted by atomic mass is 15.3. The zero-order valence-corrected chi connectivity index (χ0v) is 12.9. The zero-order valence-electron chi connectivity index (χ0n) is 12.9. The summed E-state index contributed by atoms with van der Waals surface area (Å²) in [5, 5.41) is 8.32. The van der Waals surface area contributed by atoms with E-state index < -0.39 is 0 Å². The molecule has 0 saturated carbocycles. The van der Waals surface area contributed by atoms with Crippen LogP contribution in [0.25, 0.3) is 0 Å². The van der Waals surface area contributed by atoms with Gasteiger partial charge in [-0.3, -0.25) is 4.68 Å². The van der Waals surface area contributed by atoms with Gasteiger partial charge in [0.15, 0.2) is 0 Å². The summed E-state index contributed by atoms with van der Waals surface area (Å²) in [4.78, 5) is 0. The Hall–Kier alpha value is -0.830. The van der Waals surface area contributed by atoms with Gasteiger partial charge < -0.3 is 5.32 Å². The van der Waals surface area contributed by atoms with E-state index in [2.05, 4.69) is 51.5 Å². The van der Waals surface area contributed by atoms with Crippen molar-refractivity contribution in [3.63, 3.8) is 0 Å². The van der Waals surface area contributed by atoms with Crippen LogP contribution >= 0.6 is 0 Å². The van der Waals surface area contributed by atoms with Gasteiger partial charge in [0, 0.05) is 23.8 Å². The molecule has 0 aliphatic rings. The predicted octanol–water partition coefficient (Wildman–Crippen LogP) is 3.33. The largest absolute Gasteiger partial charge is 0.312 e. The molecule has 0 aliphatic carbocycles. The molecule has 3 nitrogen and oxygen atoms in total. The van der Waals surface area contributed by atoms with E-state index in [1.165, 1.54) is 17.0 Å². The zero-order chi connectivity index (χ0) is 13.7. The van der Waals surface area contributed by atoms with E-state index in [9.17, 15) is 0 Å². The second-order valence-electron chi connectivity index (χ2n) is 5.64. The van der Waals surface area contributed by atoms with Crippen molar-refractivity contribution >= 4 is 0 Å². The number of aryl methyl sites for hydroxylation is 1. The van der Waals surface area contributed by atoms with Crippen LogP contribution in [0.5, 0.6) is 0 Å². The predicted molar refractivity (Wildman–Crippen MR) is 77.9 cm³/mol. The summed E-state index contributed by atoms with van der Waals surface area (Å²) < 4.78 is 2.20. The van der Waals surface area contributed by atoms with Crippen LogP contribution in [0, 0.1) is 5.92 Å². The van der Waals surface area contributed by atoms with Gasteiger partial charge in [0.1, 0.15) is 0 Å². The summed E-state index contributed by atoms with van der Waals surface area (Å²) in [5.41, 5.74) is 4.09. The number of aromatic nitrogens is 2. The number of nitrogens with zero attached hydrogens (tertiary/aromatic N) is 2. The highest BCUT2D eigenvalue weighted by Gasteiger charge is 2.16. The molecule has 0 atom stereocenters. The SMILES string of the molecule is CCc1nn(C(C)C)c(CC)c1CNCC(C)C. The number of rotatable bonds is 7. The molecular weight excluding hydrogens is 222 g/mol. The highest BCUT2D eigenvalue weighted by molar-refractivity contribution is 5.27. The maximum absolute atomic E-state index is 4.77. The fourth-order valence-electron chi connectivity index (χ4n) is 2.33. The minimum absolute atomic E-state index is 0.448. The molecule has 3 heteroatoms. The molecule has 1 heterocycles. The van der Waals surface area contributed by atoms with Crippen molar-refractivity contribution in [3.8, 4) is 0 Å². The smallest absolute Gasteiger partial charge is 0.0669 e. The molecule has 0 aromatic carbocycles. The van der Waals surface area contributed by atoms with Gasteiger partial charge >= 0.3 is 0 Å². The average Bonchev–Trinajstić information content (AvgIpc) is 2.66. The van der Waals surface area contributed by atoms with Crippen molar-refractivity contribution in [2.75, 3.05) is 6.54 Å². The maximum atomic E-state index is 4.77. The Morgan fingerprint density at radius 3 is 2.22 bits per heavy atom. The van der Waals surface area contributed by atoms with Gasteiger partial charge in [-0.25, -0.2) is 0 Å². The number of nitrogens with one attached hydrogen (secondary N) is 1. The Morgan fingerprint density at radius 2 is 1.78 bits per heavy atom. The van der Waals surface area contributed by atoms with Crippen molar-refractivity contribution in [1.82, 2.24) is 15.1 Å². The van der Waals surface area contributed by atoms with Crippen molar-refractivity contribution in [3.05, 3.63) is 17.0 Å². The van der Waals surface area contributed by atoms with Crippen molar-refractivity contribution in [2.24, 2.45) is 5.92 Å². The molecule has 0 spiro atoms. The van der Waals surface area contributed by atoms with Crippen LogP contribution in [0.1, 0.15) is 64.5 Å². The van der Waals surface area contributed by atoms with E-state index in [-0.39, 0.29) is 0 Å². The second-order valence-corrected chi connectivity index (χ2v) is 5.64. The summed E-state index contributed by atoms with van der Waals surface area (Å²) in [6.45, 7) is 15.3. The van der Waals surface area contributed by atoms with Crippen LogP contribution in [0.4, 0.5) is 0 Å². The Bertz CT molecular complexity index is 364. The van der Waals surface area contributed by atoms with E-state index in [1.54, 1.807) is 0 Å². The standard InChI is InChI=1S/C15H29N3/c1-7-14-13(10-16-9-11(3)4)15(8-2)18(17-14)12(5)6/h11-12,16H,7-10H2,1-6H3. The first-order valence-corrected chi connectivity index (χ1v) is 7.31. The summed E-state index contributed by atoms with van der Waals surface area (Å²) in [6, 6.07) is 0.448. The molecule has 0 bridgehead atoms. The first kappa shape index (κ1) is 15.2. The lowest BCUT2D eigenvalue weighted by molar-refractivity contribution is 0.504. The van der Waals surface area contributed by atoms with Crippen LogP contribution in [0.3, 0.4) is 0 Å². The van der Waals surface area contributed by atoms with E-state index in [4.69, 9.17) is 5.10 Å². The van der Waals surface area contributed by atoms with Crippen molar-refractivity contribution in [2.45, 2.75) is 67.0 Å². The van der Waals surface area contributed by atoms with E-state index in [0.29, 0.717) is 12.0 Å². The van der Waals surface area contributed by atoms with Crippen LogP contribution in [0.15, 0.2) is 0 Å². The summed E-state index contributed by atoms with van der Waals surface area (Å²) >= 11 is 0. The number of hydrogen-bond donors (Lipinski definition) is 1. The topological polar surface area (TPSA) is 29.9 Å². The quantitative estimate of drug-likeness (QED) is 0.805. The van der Waals surface area contributed by atoms with Crippen LogP contribution in [-0.2, 0) is 19.4 Å². The second kappa shape index (κ2) is 6.93. The van der Waals surface area contributed by atoms with E-state index in [1.807, 2.05) is 0 Å². The molecule has 1 aromatic heterocycles. The third-order valence-electron chi connectivity index (χ3n) is 3.21. The van der Waals surface area contributed by atoms with Gasteiger partial charge in [0.2, 0.25) is 0 Å². The van der Waals surface area contributed by atoms with Gasteiger partial charge in [-0.1, -0.05) is 27.7 Å². The fourth-order valence-corrected chi connectivity index (χ4v) is 2.33. The van der Waals surface area contributed by atoms with Crippen LogP contribution in [0.2, 0.25) is 0 Å². The van der Waals surface area contributed by atoms with Gasteiger partial charge in [-0.15, -0.1) is 0 Å². The third-order valence-corrected chi connectivity index (χ3v) is 3.21. The molecular formula is C15H29N3. The highest BCUT2D eigenvalue weighted by Crippen LogP contribution is 2.19. The van der Waals surface area contributed by atoms with Crippen molar-refractivity contribution < 1.29 is 0 Å². The Labute approximate surface area is 112 Å². The lowest BCUT2D eigenvalue weighted by Gasteiger charge is -2.12. The van der Waals surface area contributed by atoms with Gasteiger partial charge in [-0.2, -0.15) is 5.10 Å². The fraction of sp³-hybridized carbons (Fsp3) is 0.800. The Kier molecular flexibility index (Phi) is 5.86. The molecule has 0 unspecified atom stereocenters. The van der Waals surface area contributed by atoms with Gasteiger partial charge in [0.25, 0.3) is 0 Å². The summed E-state index contributed by atoms with van der Waals surface area (Å²) in [7, 11) is 0. The molecule has 18 heavy (non-hydrogen) atoms. The van der Waals surface area contributed by atoms with Crippen LogP contribution < -0.4 is 5.32 Å². The minimum atomic E-state index is 0.448. The van der Waals surface area contributed by atoms with E-state index in [0.717, 1.165) is 25.9 Å². The molecule has 104 valence electrons. The van der Waals surface area contributed by atoms with Gasteiger partial charge in [-0.05, 0) is 39.2 Å². The van der Waals surface area contributed by atoms with E-state index >= 15 is 0 Å². The first-order valence-electron chi connectivity index (χ1n) is 7.31. The molecule has 0 amide bonds. The molecule has 0 fully saturated rings. The number of hydrogen-bond acceptors (Lipinski definition) is 2. The van der Waals surface area contributed by atoms with Crippen molar-refractivity contribution in [1.29, 1.82) is 0 Å². The molecule has 1 aromatic rings. The minimum Gasteiger partial charge on any atom is -0.312 e. The van der Waals surface area contributed by atoms with Crippen LogP contribution in [-0.4, -0.2) is 16.3 Å². The lowest BCUT2D eigenvalue weighted by Crippen LogP contribution is -2.20. The van der Waals surface area contributed by atoms with Gasteiger partial charge in [0.05, 0.1) is 5.69 Å². The third kappa shape index (κ3) is 3.58. The average molecular weight is 251 g/mol. The molecule has 1 rings (SSSR count). The lowest BCUT2D eigenvalue weighted by atomic mass is 10.1. The molecule has 1 N–H and O–H groups in total. The molecule has 0 radical (unpaired) electrons. The normalized spacial score (nSPS) is 11.8. The Morgan fingerprint density at radius 1 is 1.11 bits per heavy atom. The summed E-state index contributed by atoms with van der Waals surface area (Å²) in [5.74, 6) is 0.695. The maximum Gasteiger partial charge on any atom is 0.0669 e. The monoisotopic (exact) mass is 251 g/mol. The first-order chi connectivity index (χ1) is 8.51. The Balaban J connectivity index is 2.92.